The van der Waals surface area contributed by atoms with E-state index in [2.05, 4.69) is 0 Å². The van der Waals surface area contributed by atoms with E-state index in [1.807, 2.05) is 26.8 Å². The molecule has 1 aliphatic heterocycles. The van der Waals surface area contributed by atoms with Crippen molar-refractivity contribution in [3.8, 4) is 0 Å². The van der Waals surface area contributed by atoms with Gasteiger partial charge in [0.15, 0.2) is 0 Å². The zero-order valence-corrected chi connectivity index (χ0v) is 12.0. The highest BCUT2D eigenvalue weighted by Gasteiger charge is 2.28. The first-order valence-electron chi connectivity index (χ1n) is 6.60. The Morgan fingerprint density at radius 2 is 2.05 bits per heavy atom. The molecule has 0 saturated heterocycles. The number of hydrogen-bond acceptors (Lipinski definition) is 3. The molecule has 1 aliphatic rings. The van der Waals surface area contributed by atoms with Crippen LogP contribution in [0.15, 0.2) is 18.2 Å². The van der Waals surface area contributed by atoms with Crippen molar-refractivity contribution in [3.05, 3.63) is 29.3 Å². The van der Waals surface area contributed by atoms with Crippen LogP contribution in [0.5, 0.6) is 0 Å². The number of carbonyl (C=O) groups is 2. The monoisotopic (exact) mass is 277 g/mol. The smallest absolute Gasteiger partial charge is 0.414 e. The van der Waals surface area contributed by atoms with Crippen LogP contribution in [0.25, 0.3) is 0 Å². The highest BCUT2D eigenvalue weighted by molar-refractivity contribution is 5.90. The Hall–Kier alpha value is -2.04. The largest absolute Gasteiger partial charge is 0.481 e. The van der Waals surface area contributed by atoms with E-state index in [0.29, 0.717) is 6.54 Å². The van der Waals surface area contributed by atoms with Gasteiger partial charge in [-0.05, 0) is 44.4 Å². The molecule has 108 valence electrons. The van der Waals surface area contributed by atoms with Gasteiger partial charge in [-0.2, -0.15) is 0 Å². The summed E-state index contributed by atoms with van der Waals surface area (Å²) in [6.07, 6.45) is 0.365. The lowest BCUT2D eigenvalue weighted by Crippen LogP contribution is -2.35. The van der Waals surface area contributed by atoms with Gasteiger partial charge in [0, 0.05) is 6.54 Å². The van der Waals surface area contributed by atoms with Crippen molar-refractivity contribution in [1.29, 1.82) is 0 Å². The minimum Gasteiger partial charge on any atom is -0.481 e. The summed E-state index contributed by atoms with van der Waals surface area (Å²) in [7, 11) is 0. The van der Waals surface area contributed by atoms with E-state index in [4.69, 9.17) is 9.84 Å². The van der Waals surface area contributed by atoms with Gasteiger partial charge in [-0.1, -0.05) is 12.1 Å². The van der Waals surface area contributed by atoms with Crippen molar-refractivity contribution in [3.63, 3.8) is 0 Å². The quantitative estimate of drug-likeness (QED) is 0.902. The second kappa shape index (κ2) is 5.15. The van der Waals surface area contributed by atoms with Crippen LogP contribution in [0.2, 0.25) is 0 Å². The van der Waals surface area contributed by atoms with Gasteiger partial charge in [-0.25, -0.2) is 4.79 Å². The molecule has 2 rings (SSSR count). The molecule has 0 atom stereocenters. The maximum absolute atomic E-state index is 12.1. The van der Waals surface area contributed by atoms with Gasteiger partial charge >= 0.3 is 12.1 Å². The fourth-order valence-electron chi connectivity index (χ4n) is 2.25. The van der Waals surface area contributed by atoms with Crippen molar-refractivity contribution < 1.29 is 19.4 Å². The first-order valence-corrected chi connectivity index (χ1v) is 6.60. The van der Waals surface area contributed by atoms with Crippen molar-refractivity contribution in [1.82, 2.24) is 0 Å². The van der Waals surface area contributed by atoms with E-state index in [-0.39, 0.29) is 12.5 Å². The number of ether oxygens (including phenoxy) is 1. The average molecular weight is 277 g/mol. The summed E-state index contributed by atoms with van der Waals surface area (Å²) in [5, 5.41) is 8.80. The lowest BCUT2D eigenvalue weighted by Gasteiger charge is -2.24. The predicted octanol–water partition coefficient (Wildman–Crippen LogP) is 2.61. The van der Waals surface area contributed by atoms with Crippen molar-refractivity contribution >= 4 is 17.7 Å². The number of fused-ring (bicyclic) bond motifs is 1. The van der Waals surface area contributed by atoms with Crippen molar-refractivity contribution in [2.75, 3.05) is 11.4 Å². The molecule has 0 aliphatic carbocycles. The zero-order valence-electron chi connectivity index (χ0n) is 12.0. The fraction of sp³-hybridized carbons (Fsp3) is 0.467. The molecule has 1 aromatic carbocycles. The van der Waals surface area contributed by atoms with E-state index in [9.17, 15) is 9.59 Å². The molecule has 0 unspecified atom stereocenters. The van der Waals surface area contributed by atoms with Crippen LogP contribution in [0.1, 0.15) is 31.9 Å². The second-order valence-corrected chi connectivity index (χ2v) is 5.92. The molecule has 0 fully saturated rings. The summed E-state index contributed by atoms with van der Waals surface area (Å²) in [5.74, 6) is -0.855. The highest BCUT2D eigenvalue weighted by Crippen LogP contribution is 2.30. The number of nitrogens with zero attached hydrogens (tertiary/aromatic N) is 1. The molecule has 0 aromatic heterocycles. The highest BCUT2D eigenvalue weighted by atomic mass is 16.6. The minimum atomic E-state index is -0.855. The number of amides is 1. The van der Waals surface area contributed by atoms with Gasteiger partial charge in [0.25, 0.3) is 0 Å². The summed E-state index contributed by atoms with van der Waals surface area (Å²) in [6.45, 7) is 6.06. The van der Waals surface area contributed by atoms with Gasteiger partial charge in [-0.15, -0.1) is 0 Å². The summed E-state index contributed by atoms with van der Waals surface area (Å²) in [6, 6.07) is 5.40. The van der Waals surface area contributed by atoms with Crippen LogP contribution < -0.4 is 4.90 Å². The molecule has 0 radical (unpaired) electrons. The molecule has 1 amide bonds. The Balaban J connectivity index is 2.17. The molecule has 0 saturated carbocycles. The van der Waals surface area contributed by atoms with Crippen molar-refractivity contribution in [2.24, 2.45) is 0 Å². The van der Waals surface area contributed by atoms with Crippen LogP contribution in [0.3, 0.4) is 0 Å². The van der Waals surface area contributed by atoms with Gasteiger partial charge in [0.05, 0.1) is 12.1 Å². The third-order valence-electron chi connectivity index (χ3n) is 3.01. The van der Waals surface area contributed by atoms with E-state index >= 15 is 0 Å². The molecule has 0 bridgehead atoms. The summed E-state index contributed by atoms with van der Waals surface area (Å²) in [4.78, 5) is 24.4. The number of carboxylic acids is 1. The molecule has 5 nitrogen and oxygen atoms in total. The van der Waals surface area contributed by atoms with Crippen LogP contribution in [0.4, 0.5) is 10.5 Å². The predicted molar refractivity (Wildman–Crippen MR) is 75.1 cm³/mol. The molecule has 5 heteroatoms. The Bertz CT molecular complexity index is 545. The number of anilines is 1. The lowest BCUT2D eigenvalue weighted by molar-refractivity contribution is -0.136. The number of rotatable bonds is 2. The molecule has 1 heterocycles. The normalized spacial score (nSPS) is 14.1. The van der Waals surface area contributed by atoms with Crippen LogP contribution >= 0.6 is 0 Å². The van der Waals surface area contributed by atoms with E-state index in [1.165, 1.54) is 0 Å². The summed E-state index contributed by atoms with van der Waals surface area (Å²) < 4.78 is 5.37. The topological polar surface area (TPSA) is 66.8 Å². The van der Waals surface area contributed by atoms with Crippen LogP contribution in [-0.2, 0) is 22.4 Å². The van der Waals surface area contributed by atoms with Gasteiger partial charge < -0.3 is 9.84 Å². The summed E-state index contributed by atoms with van der Waals surface area (Å²) in [5.41, 5.74) is 2.04. The maximum Gasteiger partial charge on any atom is 0.414 e. The fourth-order valence-corrected chi connectivity index (χ4v) is 2.25. The van der Waals surface area contributed by atoms with E-state index in [1.54, 1.807) is 17.0 Å². The Morgan fingerprint density at radius 3 is 2.65 bits per heavy atom. The third-order valence-corrected chi connectivity index (χ3v) is 3.01. The first-order chi connectivity index (χ1) is 9.26. The maximum atomic E-state index is 12.1. The Labute approximate surface area is 118 Å². The van der Waals surface area contributed by atoms with Gasteiger partial charge in [0.1, 0.15) is 5.60 Å². The number of carboxylic acid groups (broad SMARTS) is 1. The van der Waals surface area contributed by atoms with Crippen molar-refractivity contribution in [2.45, 2.75) is 39.2 Å². The molecular formula is C15H19NO4. The summed E-state index contributed by atoms with van der Waals surface area (Å²) >= 11 is 0. The molecule has 1 aromatic rings. The molecular weight excluding hydrogens is 258 g/mol. The third kappa shape index (κ3) is 3.29. The first kappa shape index (κ1) is 14.4. The lowest BCUT2D eigenvalue weighted by atomic mass is 10.1. The van der Waals surface area contributed by atoms with Gasteiger partial charge in [0.2, 0.25) is 0 Å². The van der Waals surface area contributed by atoms with Crippen LogP contribution in [0, 0.1) is 0 Å². The van der Waals surface area contributed by atoms with Crippen LogP contribution in [-0.4, -0.2) is 29.3 Å². The average Bonchev–Trinajstić information content (AvgIpc) is 2.68. The number of hydrogen-bond donors (Lipinski definition) is 1. The molecule has 20 heavy (non-hydrogen) atoms. The zero-order chi connectivity index (χ0) is 14.9. The standard InChI is InChI=1S/C15H19NO4/c1-15(2,3)20-14(19)16-7-6-11-8-10(9-13(17)18)4-5-12(11)16/h4-5,8H,6-7,9H2,1-3H3,(H,17,18). The molecule has 1 N–H and O–H groups in total. The minimum absolute atomic E-state index is 0.000280. The van der Waals surface area contributed by atoms with Gasteiger partial charge in [-0.3, -0.25) is 9.69 Å². The Kier molecular flexibility index (Phi) is 3.70. The SMILES string of the molecule is CC(C)(C)OC(=O)N1CCc2cc(CC(=O)O)ccc21. The van der Waals surface area contributed by atoms with E-state index in [0.717, 1.165) is 23.2 Å². The molecule has 0 spiro atoms. The number of aliphatic carboxylic acids is 1. The number of benzene rings is 1. The Morgan fingerprint density at radius 1 is 1.35 bits per heavy atom. The number of carbonyl (C=O) groups excluding carboxylic acids is 1. The second-order valence-electron chi connectivity index (χ2n) is 5.92. The van der Waals surface area contributed by atoms with E-state index < -0.39 is 11.6 Å².